The predicted octanol–water partition coefficient (Wildman–Crippen LogP) is 1.93. The Morgan fingerprint density at radius 2 is 2.33 bits per heavy atom. The van der Waals surface area contributed by atoms with Gasteiger partial charge in [-0.05, 0) is 24.6 Å². The summed E-state index contributed by atoms with van der Waals surface area (Å²) in [5.41, 5.74) is -0.293. The lowest BCUT2D eigenvalue weighted by Crippen LogP contribution is -2.35. The lowest BCUT2D eigenvalue weighted by atomic mass is 9.88. The van der Waals surface area contributed by atoms with Crippen LogP contribution in [0.1, 0.15) is 20.3 Å². The largest absolute Gasteiger partial charge is 0.401 e. The zero-order valence-electron chi connectivity index (χ0n) is 8.41. The van der Waals surface area contributed by atoms with Gasteiger partial charge in [-0.3, -0.25) is 15.4 Å². The molecule has 0 aromatic carbocycles. The highest BCUT2D eigenvalue weighted by Crippen LogP contribution is 2.27. The van der Waals surface area contributed by atoms with E-state index in [0.29, 0.717) is 11.3 Å². The van der Waals surface area contributed by atoms with Crippen molar-refractivity contribution in [1.82, 2.24) is 5.32 Å². The van der Waals surface area contributed by atoms with Gasteiger partial charge in [0.1, 0.15) is 0 Å². The van der Waals surface area contributed by atoms with Gasteiger partial charge < -0.3 is 0 Å². The molecule has 0 aromatic rings. The fourth-order valence-corrected chi connectivity index (χ4v) is 1.48. The van der Waals surface area contributed by atoms with E-state index in [-0.39, 0.29) is 6.42 Å². The summed E-state index contributed by atoms with van der Waals surface area (Å²) in [6, 6.07) is 0. The lowest BCUT2D eigenvalue weighted by Gasteiger charge is -2.22. The van der Waals surface area contributed by atoms with Gasteiger partial charge in [0.25, 0.3) is 0 Å². The van der Waals surface area contributed by atoms with Crippen LogP contribution in [0.25, 0.3) is 0 Å². The van der Waals surface area contributed by atoms with Crippen LogP contribution in [0.4, 0.5) is 9.18 Å². The molecule has 1 aliphatic rings. The number of carbonyl (C=O) groups excluding carboxylic acids is 1. The number of amides is 1. The second-order valence-corrected chi connectivity index (χ2v) is 3.72. The molecule has 0 radical (unpaired) electrons. The Morgan fingerprint density at radius 1 is 1.73 bits per heavy atom. The highest BCUT2D eigenvalue weighted by atomic mass is 19.1. The molecule has 0 saturated carbocycles. The summed E-state index contributed by atoms with van der Waals surface area (Å²) in [7, 11) is 0. The van der Waals surface area contributed by atoms with Crippen molar-refractivity contribution in [3.8, 4) is 0 Å². The normalized spacial score (nSPS) is 25.3. The Bertz CT molecular complexity index is 376. The summed E-state index contributed by atoms with van der Waals surface area (Å²) >= 11 is 0. The number of hydrogen-bond acceptors (Lipinski definition) is 3. The molecule has 1 atom stereocenters. The number of nitrogens with one attached hydrogen (secondary N) is 1. The van der Waals surface area contributed by atoms with Crippen molar-refractivity contribution in [2.24, 2.45) is 0 Å². The van der Waals surface area contributed by atoms with Crippen molar-refractivity contribution in [1.29, 1.82) is 0 Å². The first-order valence-corrected chi connectivity index (χ1v) is 4.35. The third-order valence-electron chi connectivity index (χ3n) is 2.34. The van der Waals surface area contributed by atoms with Crippen molar-refractivity contribution in [2.45, 2.75) is 25.8 Å². The zero-order valence-corrected chi connectivity index (χ0v) is 8.41. The Kier molecular flexibility index (Phi) is 2.88. The molecule has 5 nitrogen and oxygen atoms in total. The third kappa shape index (κ3) is 2.39. The number of nitrogens with zero attached hydrogens (tertiary/aromatic N) is 1. The van der Waals surface area contributed by atoms with Gasteiger partial charge in [-0.25, -0.2) is 4.79 Å². The van der Waals surface area contributed by atoms with E-state index in [1.165, 1.54) is 19.1 Å². The molecule has 0 aliphatic heterocycles. The second-order valence-electron chi connectivity index (χ2n) is 3.72. The van der Waals surface area contributed by atoms with E-state index in [2.05, 4.69) is 0 Å². The molecule has 0 heterocycles. The molecule has 6 heteroatoms. The smallest absolute Gasteiger partial charge is 0.298 e. The van der Waals surface area contributed by atoms with Crippen LogP contribution in [0.3, 0.4) is 0 Å². The number of hydrogen-bond donors (Lipinski definition) is 1. The van der Waals surface area contributed by atoms with Gasteiger partial charge >= 0.3 is 6.16 Å². The van der Waals surface area contributed by atoms with Gasteiger partial charge in [-0.15, -0.1) is 4.39 Å². The van der Waals surface area contributed by atoms with Crippen LogP contribution >= 0.6 is 0 Å². The molecular weight excluding hydrogens is 203 g/mol. The molecule has 1 rings (SSSR count). The van der Waals surface area contributed by atoms with Gasteiger partial charge in [0.2, 0.25) is 5.54 Å². The van der Waals surface area contributed by atoms with E-state index in [1.54, 1.807) is 6.92 Å². The maximum Gasteiger partial charge on any atom is 0.401 e. The Morgan fingerprint density at radius 3 is 2.73 bits per heavy atom. The van der Waals surface area contributed by atoms with Crippen molar-refractivity contribution in [3.05, 3.63) is 33.5 Å². The monoisotopic (exact) mass is 214 g/mol. The summed E-state index contributed by atoms with van der Waals surface area (Å²) in [5, 5.41) is 12.7. The predicted molar refractivity (Wildman–Crippen MR) is 51.5 cm³/mol. The lowest BCUT2D eigenvalue weighted by molar-refractivity contribution is -0.550. The summed E-state index contributed by atoms with van der Waals surface area (Å²) in [6.07, 6.45) is 1.20. The number of carbonyl (C=O) groups is 1. The van der Waals surface area contributed by atoms with Crippen LogP contribution in [0, 0.1) is 10.1 Å². The minimum absolute atomic E-state index is 0.159. The van der Waals surface area contributed by atoms with Gasteiger partial charge in [0.15, 0.2) is 0 Å². The molecule has 82 valence electrons. The van der Waals surface area contributed by atoms with Crippen molar-refractivity contribution < 1.29 is 14.1 Å². The quantitative estimate of drug-likeness (QED) is 0.330. The third-order valence-corrected chi connectivity index (χ3v) is 2.34. The maximum absolute atomic E-state index is 12.1. The maximum atomic E-state index is 12.1. The van der Waals surface area contributed by atoms with Gasteiger partial charge in [0, 0.05) is 24.0 Å². The first kappa shape index (κ1) is 11.4. The molecule has 1 aliphatic carbocycles. The van der Waals surface area contributed by atoms with E-state index in [4.69, 9.17) is 0 Å². The highest BCUT2D eigenvalue weighted by molar-refractivity contribution is 5.69. The van der Waals surface area contributed by atoms with Crippen LogP contribution in [0.15, 0.2) is 23.4 Å². The second kappa shape index (κ2) is 3.80. The Hall–Kier alpha value is -1.72. The highest BCUT2D eigenvalue weighted by Gasteiger charge is 2.37. The number of halogens is 1. The molecule has 1 unspecified atom stereocenters. The number of rotatable bonds is 2. The molecule has 0 fully saturated rings. The Labute approximate surface area is 85.8 Å². The molecule has 0 bridgehead atoms. The Balaban J connectivity index is 2.89. The molecular formula is C9H11FN2O3. The standard InChI is InChI=1S/C9H11FN2O3/c1-6-5-9(2,12(14)15)4-3-7(6)11-8(10)13/h3-4H,5H2,1-2H3,(H,11,13). The van der Waals surface area contributed by atoms with Crippen LogP contribution in [0.5, 0.6) is 0 Å². The van der Waals surface area contributed by atoms with Crippen molar-refractivity contribution in [2.75, 3.05) is 0 Å². The van der Waals surface area contributed by atoms with E-state index in [1.807, 2.05) is 5.32 Å². The first-order valence-electron chi connectivity index (χ1n) is 4.35. The molecule has 1 N–H and O–H groups in total. The van der Waals surface area contributed by atoms with Crippen LogP contribution in [0.2, 0.25) is 0 Å². The fraction of sp³-hybridized carbons (Fsp3) is 0.444. The average molecular weight is 214 g/mol. The zero-order chi connectivity index (χ0) is 11.6. The van der Waals surface area contributed by atoms with E-state index < -0.39 is 16.6 Å². The van der Waals surface area contributed by atoms with Crippen molar-refractivity contribution in [3.63, 3.8) is 0 Å². The molecule has 0 aromatic heterocycles. The molecule has 0 spiro atoms. The number of allylic oxidation sites excluding steroid dienone is 1. The van der Waals surface area contributed by atoms with E-state index in [9.17, 15) is 19.3 Å². The van der Waals surface area contributed by atoms with Crippen LogP contribution in [-0.4, -0.2) is 16.6 Å². The molecule has 0 saturated heterocycles. The van der Waals surface area contributed by atoms with E-state index >= 15 is 0 Å². The van der Waals surface area contributed by atoms with Crippen molar-refractivity contribution >= 4 is 6.16 Å². The minimum Gasteiger partial charge on any atom is -0.298 e. The summed E-state index contributed by atoms with van der Waals surface area (Å²) in [4.78, 5) is 20.5. The number of nitro groups is 1. The minimum atomic E-state index is -1.67. The fourth-order valence-electron chi connectivity index (χ4n) is 1.48. The molecule has 1 amide bonds. The molecule has 15 heavy (non-hydrogen) atoms. The average Bonchev–Trinajstić information content (AvgIpc) is 2.09. The summed E-state index contributed by atoms with van der Waals surface area (Å²) < 4.78 is 12.1. The summed E-state index contributed by atoms with van der Waals surface area (Å²) in [6.45, 7) is 3.09. The van der Waals surface area contributed by atoms with E-state index in [0.717, 1.165) is 0 Å². The summed E-state index contributed by atoms with van der Waals surface area (Å²) in [5.74, 6) is 0. The SMILES string of the molecule is CC1=C(NC(=O)F)C=CC(C)([N+](=O)[O-])C1. The first-order chi connectivity index (χ1) is 6.85. The van der Waals surface area contributed by atoms with Gasteiger partial charge in [-0.2, -0.15) is 0 Å². The van der Waals surface area contributed by atoms with Crippen LogP contribution < -0.4 is 5.32 Å². The van der Waals surface area contributed by atoms with Gasteiger partial charge in [0.05, 0.1) is 0 Å². The topological polar surface area (TPSA) is 72.2 Å². The van der Waals surface area contributed by atoms with Gasteiger partial charge in [-0.1, -0.05) is 0 Å². The van der Waals surface area contributed by atoms with Crippen LogP contribution in [-0.2, 0) is 0 Å².